The van der Waals surface area contributed by atoms with E-state index in [1.165, 1.54) is 12.1 Å². The number of aromatic nitrogens is 1. The molecule has 0 aliphatic rings. The molecular formula is C18H14F3N3O2. The van der Waals surface area contributed by atoms with E-state index in [1.807, 2.05) is 6.07 Å². The zero-order valence-corrected chi connectivity index (χ0v) is 13.4. The quantitative estimate of drug-likeness (QED) is 0.709. The van der Waals surface area contributed by atoms with Gasteiger partial charge in [-0.1, -0.05) is 0 Å². The summed E-state index contributed by atoms with van der Waals surface area (Å²) in [4.78, 5) is 16.0. The first kappa shape index (κ1) is 17.5. The Morgan fingerprint density at radius 2 is 1.88 bits per heavy atom. The topological polar surface area (TPSA) is 67.2 Å². The summed E-state index contributed by atoms with van der Waals surface area (Å²) in [5.74, 6) is 0.661. The molecule has 0 aliphatic carbocycles. The third-order valence-electron chi connectivity index (χ3n) is 3.52. The smallest absolute Gasteiger partial charge is 0.416 e. The van der Waals surface area contributed by atoms with Crippen LogP contribution in [0.15, 0.2) is 65.5 Å². The summed E-state index contributed by atoms with van der Waals surface area (Å²) in [6.45, 7) is 0.202. The van der Waals surface area contributed by atoms with Gasteiger partial charge in [0.05, 0.1) is 11.8 Å². The number of furan rings is 1. The average Bonchev–Trinajstić information content (AvgIpc) is 3.15. The van der Waals surface area contributed by atoms with Crippen LogP contribution in [0.4, 0.5) is 23.7 Å². The lowest BCUT2D eigenvalue weighted by atomic mass is 10.1. The molecule has 0 radical (unpaired) electrons. The van der Waals surface area contributed by atoms with Gasteiger partial charge in [-0.15, -0.1) is 0 Å². The second-order valence-electron chi connectivity index (χ2n) is 5.44. The Kier molecular flexibility index (Phi) is 4.92. The van der Waals surface area contributed by atoms with Crippen LogP contribution in [0.2, 0.25) is 0 Å². The van der Waals surface area contributed by atoms with Crippen molar-refractivity contribution < 1.29 is 22.4 Å². The van der Waals surface area contributed by atoms with Crippen LogP contribution >= 0.6 is 0 Å². The number of alkyl halides is 3. The number of nitrogens with one attached hydrogen (secondary N) is 2. The van der Waals surface area contributed by atoms with Gasteiger partial charge >= 0.3 is 12.2 Å². The highest BCUT2D eigenvalue weighted by atomic mass is 19.4. The fraction of sp³-hybridized carbons (Fsp3) is 0.111. The van der Waals surface area contributed by atoms with E-state index in [0.717, 1.165) is 23.3 Å². The van der Waals surface area contributed by atoms with E-state index in [9.17, 15) is 18.0 Å². The minimum Gasteiger partial charge on any atom is -0.464 e. The van der Waals surface area contributed by atoms with Crippen molar-refractivity contribution in [2.45, 2.75) is 12.7 Å². The van der Waals surface area contributed by atoms with Crippen LogP contribution in [0.5, 0.6) is 0 Å². The normalized spacial score (nSPS) is 11.2. The number of halogens is 3. The number of anilines is 1. The second-order valence-corrected chi connectivity index (χ2v) is 5.44. The molecule has 2 N–H and O–H groups in total. The van der Waals surface area contributed by atoms with Gasteiger partial charge in [-0.25, -0.2) is 4.79 Å². The minimum atomic E-state index is -4.41. The number of carbonyl (C=O) groups excluding carboxylic acids is 1. The Balaban J connectivity index is 1.57. The summed E-state index contributed by atoms with van der Waals surface area (Å²) in [5.41, 5.74) is 1.01. The Morgan fingerprint density at radius 1 is 1.12 bits per heavy atom. The van der Waals surface area contributed by atoms with Gasteiger partial charge in [0.25, 0.3) is 0 Å². The van der Waals surface area contributed by atoms with E-state index in [0.29, 0.717) is 5.76 Å². The molecule has 3 rings (SSSR count). The molecule has 1 aromatic carbocycles. The van der Waals surface area contributed by atoms with Crippen LogP contribution in [-0.4, -0.2) is 11.0 Å². The standard InChI is InChI=1S/C18H14F3N3O2/c19-18(20,21)14-3-5-15(6-4-14)24-17(25)23-10-12-8-13(11-22-9-12)16-2-1-7-26-16/h1-9,11H,10H2,(H2,23,24,25). The van der Waals surface area contributed by atoms with E-state index in [-0.39, 0.29) is 12.2 Å². The molecule has 26 heavy (non-hydrogen) atoms. The number of hydrogen-bond donors (Lipinski definition) is 2. The summed E-state index contributed by atoms with van der Waals surface area (Å²) in [6.07, 6.45) is 0.389. The molecule has 0 unspecified atom stereocenters. The van der Waals surface area contributed by atoms with Crippen LogP contribution < -0.4 is 10.6 Å². The van der Waals surface area contributed by atoms with Gasteiger partial charge in [0.2, 0.25) is 0 Å². The molecule has 0 spiro atoms. The van der Waals surface area contributed by atoms with Crippen LogP contribution in [0.3, 0.4) is 0 Å². The maximum Gasteiger partial charge on any atom is 0.416 e. The molecule has 0 fully saturated rings. The Hall–Kier alpha value is -3.29. The Morgan fingerprint density at radius 3 is 2.54 bits per heavy atom. The number of hydrogen-bond acceptors (Lipinski definition) is 3. The number of benzene rings is 1. The van der Waals surface area contributed by atoms with Crippen molar-refractivity contribution in [3.8, 4) is 11.3 Å². The van der Waals surface area contributed by atoms with Crippen LogP contribution in [-0.2, 0) is 12.7 Å². The van der Waals surface area contributed by atoms with Crippen LogP contribution in [0, 0.1) is 0 Å². The molecular weight excluding hydrogens is 347 g/mol. The summed E-state index contributed by atoms with van der Waals surface area (Å²) >= 11 is 0. The van der Waals surface area contributed by atoms with Crippen molar-refractivity contribution >= 4 is 11.7 Å². The molecule has 8 heteroatoms. The molecule has 134 valence electrons. The van der Waals surface area contributed by atoms with Crippen molar-refractivity contribution in [1.82, 2.24) is 10.3 Å². The lowest BCUT2D eigenvalue weighted by molar-refractivity contribution is -0.137. The SMILES string of the molecule is O=C(NCc1cncc(-c2ccco2)c1)Nc1ccc(C(F)(F)F)cc1. The monoisotopic (exact) mass is 361 g/mol. The average molecular weight is 361 g/mol. The Bertz CT molecular complexity index is 875. The first-order valence-electron chi connectivity index (χ1n) is 7.62. The molecule has 2 aromatic heterocycles. The van der Waals surface area contributed by atoms with E-state index in [1.54, 1.807) is 30.8 Å². The predicted octanol–water partition coefficient (Wildman–Crippen LogP) is 4.68. The Labute approximate surface area is 146 Å². The van der Waals surface area contributed by atoms with E-state index in [2.05, 4.69) is 15.6 Å². The third kappa shape index (κ3) is 4.41. The highest BCUT2D eigenvalue weighted by molar-refractivity contribution is 5.89. The molecule has 2 amide bonds. The number of pyridine rings is 1. The largest absolute Gasteiger partial charge is 0.464 e. The fourth-order valence-electron chi connectivity index (χ4n) is 2.26. The molecule has 0 aliphatic heterocycles. The van der Waals surface area contributed by atoms with Crippen molar-refractivity contribution in [3.05, 3.63) is 72.2 Å². The van der Waals surface area contributed by atoms with E-state index in [4.69, 9.17) is 4.42 Å². The predicted molar refractivity (Wildman–Crippen MR) is 89.2 cm³/mol. The van der Waals surface area contributed by atoms with Gasteiger partial charge in [-0.05, 0) is 48.0 Å². The number of carbonyl (C=O) groups is 1. The maximum atomic E-state index is 12.5. The first-order valence-corrected chi connectivity index (χ1v) is 7.62. The minimum absolute atomic E-state index is 0.202. The highest BCUT2D eigenvalue weighted by Crippen LogP contribution is 2.29. The van der Waals surface area contributed by atoms with Gasteiger partial charge in [0.15, 0.2) is 0 Å². The summed E-state index contributed by atoms with van der Waals surface area (Å²) < 4.78 is 42.8. The molecule has 0 saturated carbocycles. The molecule has 2 heterocycles. The number of urea groups is 1. The first-order chi connectivity index (χ1) is 12.4. The molecule has 0 atom stereocenters. The van der Waals surface area contributed by atoms with Crippen molar-refractivity contribution in [3.63, 3.8) is 0 Å². The van der Waals surface area contributed by atoms with Crippen molar-refractivity contribution in [2.75, 3.05) is 5.32 Å². The fourth-order valence-corrected chi connectivity index (χ4v) is 2.26. The van der Waals surface area contributed by atoms with Gasteiger partial charge in [-0.2, -0.15) is 13.2 Å². The maximum absolute atomic E-state index is 12.5. The van der Waals surface area contributed by atoms with Crippen LogP contribution in [0.1, 0.15) is 11.1 Å². The van der Waals surface area contributed by atoms with Gasteiger partial charge in [0, 0.05) is 30.2 Å². The molecule has 3 aromatic rings. The summed E-state index contributed by atoms with van der Waals surface area (Å²) in [5, 5.41) is 5.10. The number of nitrogens with zero attached hydrogens (tertiary/aromatic N) is 1. The molecule has 5 nitrogen and oxygen atoms in total. The van der Waals surface area contributed by atoms with Gasteiger partial charge in [0.1, 0.15) is 5.76 Å². The second kappa shape index (κ2) is 7.30. The number of rotatable bonds is 4. The lowest BCUT2D eigenvalue weighted by Crippen LogP contribution is -2.28. The van der Waals surface area contributed by atoms with E-state index < -0.39 is 17.8 Å². The summed E-state index contributed by atoms with van der Waals surface area (Å²) in [7, 11) is 0. The highest BCUT2D eigenvalue weighted by Gasteiger charge is 2.29. The van der Waals surface area contributed by atoms with Crippen molar-refractivity contribution in [1.29, 1.82) is 0 Å². The van der Waals surface area contributed by atoms with Crippen molar-refractivity contribution in [2.24, 2.45) is 0 Å². The molecule has 0 saturated heterocycles. The zero-order valence-electron chi connectivity index (χ0n) is 13.4. The van der Waals surface area contributed by atoms with Crippen LogP contribution in [0.25, 0.3) is 11.3 Å². The van der Waals surface area contributed by atoms with E-state index >= 15 is 0 Å². The zero-order chi connectivity index (χ0) is 18.6. The van der Waals surface area contributed by atoms with Gasteiger partial charge < -0.3 is 15.1 Å². The molecule has 0 bridgehead atoms. The lowest BCUT2D eigenvalue weighted by Gasteiger charge is -2.10. The van der Waals surface area contributed by atoms with Gasteiger partial charge in [-0.3, -0.25) is 4.98 Å². The summed E-state index contributed by atoms with van der Waals surface area (Å²) in [6, 6.07) is 9.06. The third-order valence-corrected chi connectivity index (χ3v) is 3.52. The number of amides is 2.